The fourth-order valence-corrected chi connectivity index (χ4v) is 2.70. The van der Waals surface area contributed by atoms with Gasteiger partial charge in [-0.15, -0.1) is 0 Å². The molecule has 0 aliphatic heterocycles. The van der Waals surface area contributed by atoms with Gasteiger partial charge in [0.2, 0.25) is 0 Å². The zero-order valence-electron chi connectivity index (χ0n) is 12.5. The highest BCUT2D eigenvalue weighted by atomic mass is 15.1. The summed E-state index contributed by atoms with van der Waals surface area (Å²) in [4.78, 5) is 4.49. The molecular formula is C20H15N3. The topological polar surface area (TPSA) is 41.6 Å². The van der Waals surface area contributed by atoms with Crippen LogP contribution in [0, 0.1) is 0 Å². The third kappa shape index (κ3) is 2.64. The van der Waals surface area contributed by atoms with Crippen LogP contribution in [0.4, 0.5) is 0 Å². The number of nitrogens with zero attached hydrogens (tertiary/aromatic N) is 2. The lowest BCUT2D eigenvalue weighted by molar-refractivity contribution is 1.09. The molecule has 3 nitrogen and oxygen atoms in total. The lowest BCUT2D eigenvalue weighted by Crippen LogP contribution is -1.87. The molecule has 110 valence electrons. The summed E-state index contributed by atoms with van der Waals surface area (Å²) in [6.45, 7) is 0. The second kappa shape index (κ2) is 5.89. The van der Waals surface area contributed by atoms with Gasteiger partial charge in [0.05, 0.1) is 17.6 Å². The monoisotopic (exact) mass is 297 g/mol. The van der Waals surface area contributed by atoms with Crippen LogP contribution in [0.2, 0.25) is 0 Å². The maximum absolute atomic E-state index is 4.49. The molecule has 0 aliphatic carbocycles. The number of aromatic nitrogens is 3. The highest BCUT2D eigenvalue weighted by Gasteiger charge is 2.10. The van der Waals surface area contributed by atoms with Gasteiger partial charge < -0.3 is 0 Å². The Labute approximate surface area is 134 Å². The summed E-state index contributed by atoms with van der Waals surface area (Å²) in [6, 6.07) is 24.6. The standard InChI is InChI=1S/C20H15N3/c1-3-7-15(8-4-1)18-14-22-23-20(18)17-11-12-21-19(13-17)16-9-5-2-6-10-16/h1-14H,(H,22,23). The molecule has 0 unspecified atom stereocenters. The number of pyridine rings is 1. The lowest BCUT2D eigenvalue weighted by Gasteiger charge is -2.06. The van der Waals surface area contributed by atoms with E-state index in [-0.39, 0.29) is 0 Å². The zero-order chi connectivity index (χ0) is 15.5. The van der Waals surface area contributed by atoms with Crippen LogP contribution in [-0.2, 0) is 0 Å². The van der Waals surface area contributed by atoms with Gasteiger partial charge in [-0.25, -0.2) is 0 Å². The molecule has 0 saturated carbocycles. The minimum absolute atomic E-state index is 0.955. The predicted molar refractivity (Wildman–Crippen MR) is 92.7 cm³/mol. The fourth-order valence-electron chi connectivity index (χ4n) is 2.70. The van der Waals surface area contributed by atoms with E-state index in [1.165, 1.54) is 0 Å². The largest absolute Gasteiger partial charge is 0.277 e. The van der Waals surface area contributed by atoms with Crippen LogP contribution < -0.4 is 0 Å². The molecule has 0 amide bonds. The average molecular weight is 297 g/mol. The maximum Gasteiger partial charge on any atom is 0.0730 e. The molecule has 2 aromatic carbocycles. The van der Waals surface area contributed by atoms with Crippen LogP contribution >= 0.6 is 0 Å². The Balaban J connectivity index is 1.80. The first-order valence-electron chi connectivity index (χ1n) is 7.52. The first-order valence-corrected chi connectivity index (χ1v) is 7.52. The van der Waals surface area contributed by atoms with Gasteiger partial charge in [-0.1, -0.05) is 60.7 Å². The van der Waals surface area contributed by atoms with E-state index in [4.69, 9.17) is 0 Å². The van der Waals surface area contributed by atoms with E-state index in [2.05, 4.69) is 45.5 Å². The van der Waals surface area contributed by atoms with Gasteiger partial charge >= 0.3 is 0 Å². The lowest BCUT2D eigenvalue weighted by atomic mass is 10.0. The van der Waals surface area contributed by atoms with Gasteiger partial charge in [-0.3, -0.25) is 10.1 Å². The minimum Gasteiger partial charge on any atom is -0.277 e. The van der Waals surface area contributed by atoms with E-state index in [1.807, 2.05) is 54.9 Å². The Morgan fingerprint density at radius 1 is 0.696 bits per heavy atom. The quantitative estimate of drug-likeness (QED) is 0.590. The number of H-pyrrole nitrogens is 1. The number of rotatable bonds is 3. The second-order valence-corrected chi connectivity index (χ2v) is 5.32. The summed E-state index contributed by atoms with van der Waals surface area (Å²) in [5.41, 5.74) is 6.39. The molecule has 0 aliphatic rings. The van der Waals surface area contributed by atoms with Crippen molar-refractivity contribution in [2.75, 3.05) is 0 Å². The molecule has 23 heavy (non-hydrogen) atoms. The van der Waals surface area contributed by atoms with Gasteiger partial charge in [0.1, 0.15) is 0 Å². The maximum atomic E-state index is 4.49. The van der Waals surface area contributed by atoms with E-state index in [0.29, 0.717) is 0 Å². The van der Waals surface area contributed by atoms with Crippen molar-refractivity contribution in [3.05, 3.63) is 85.2 Å². The summed E-state index contributed by atoms with van der Waals surface area (Å²) < 4.78 is 0. The van der Waals surface area contributed by atoms with Crippen LogP contribution in [-0.4, -0.2) is 15.2 Å². The molecule has 4 rings (SSSR count). The van der Waals surface area contributed by atoms with Gasteiger partial charge in [0.15, 0.2) is 0 Å². The molecular weight excluding hydrogens is 282 g/mol. The molecule has 0 atom stereocenters. The zero-order valence-corrected chi connectivity index (χ0v) is 12.5. The molecule has 0 spiro atoms. The minimum atomic E-state index is 0.955. The van der Waals surface area contributed by atoms with Crippen LogP contribution in [0.15, 0.2) is 85.2 Å². The molecule has 0 saturated heterocycles. The normalized spacial score (nSPS) is 10.6. The molecule has 0 radical (unpaired) electrons. The van der Waals surface area contributed by atoms with Crippen LogP contribution in [0.3, 0.4) is 0 Å². The van der Waals surface area contributed by atoms with Crippen molar-refractivity contribution in [2.45, 2.75) is 0 Å². The first-order chi connectivity index (χ1) is 11.4. The van der Waals surface area contributed by atoms with E-state index in [9.17, 15) is 0 Å². The van der Waals surface area contributed by atoms with Crippen molar-refractivity contribution in [3.8, 4) is 33.6 Å². The average Bonchev–Trinajstić information content (AvgIpc) is 3.13. The number of benzene rings is 2. The smallest absolute Gasteiger partial charge is 0.0730 e. The summed E-state index contributed by atoms with van der Waals surface area (Å²) in [6.07, 6.45) is 3.71. The highest BCUT2D eigenvalue weighted by Crippen LogP contribution is 2.31. The molecule has 0 bridgehead atoms. The van der Waals surface area contributed by atoms with Crippen molar-refractivity contribution < 1.29 is 0 Å². The van der Waals surface area contributed by atoms with Crippen molar-refractivity contribution in [1.29, 1.82) is 0 Å². The Morgan fingerprint density at radius 2 is 1.39 bits per heavy atom. The Hall–Kier alpha value is -3.20. The van der Waals surface area contributed by atoms with Gasteiger partial charge in [0.25, 0.3) is 0 Å². The van der Waals surface area contributed by atoms with Gasteiger partial charge in [0, 0.05) is 22.9 Å². The van der Waals surface area contributed by atoms with Crippen molar-refractivity contribution >= 4 is 0 Å². The Kier molecular flexibility index (Phi) is 3.45. The number of hydrogen-bond acceptors (Lipinski definition) is 2. The number of nitrogens with one attached hydrogen (secondary N) is 1. The summed E-state index contributed by atoms with van der Waals surface area (Å²) in [5.74, 6) is 0. The molecule has 1 N–H and O–H groups in total. The van der Waals surface area contributed by atoms with E-state index in [1.54, 1.807) is 0 Å². The fraction of sp³-hybridized carbons (Fsp3) is 0. The third-order valence-electron chi connectivity index (χ3n) is 3.84. The second-order valence-electron chi connectivity index (χ2n) is 5.32. The molecule has 3 heteroatoms. The summed E-state index contributed by atoms with van der Waals surface area (Å²) in [7, 11) is 0. The number of aromatic amines is 1. The first kappa shape index (κ1) is 13.5. The molecule has 4 aromatic rings. The molecule has 2 heterocycles. The Morgan fingerprint density at radius 3 is 2.13 bits per heavy atom. The van der Waals surface area contributed by atoms with E-state index < -0.39 is 0 Å². The molecule has 2 aromatic heterocycles. The van der Waals surface area contributed by atoms with Gasteiger partial charge in [-0.2, -0.15) is 5.10 Å². The van der Waals surface area contributed by atoms with E-state index in [0.717, 1.165) is 33.6 Å². The number of hydrogen-bond donors (Lipinski definition) is 1. The third-order valence-corrected chi connectivity index (χ3v) is 3.84. The van der Waals surface area contributed by atoms with Crippen LogP contribution in [0.25, 0.3) is 33.6 Å². The van der Waals surface area contributed by atoms with Crippen molar-refractivity contribution in [3.63, 3.8) is 0 Å². The van der Waals surface area contributed by atoms with Crippen LogP contribution in [0.1, 0.15) is 0 Å². The summed E-state index contributed by atoms with van der Waals surface area (Å²) >= 11 is 0. The van der Waals surface area contributed by atoms with Crippen molar-refractivity contribution in [1.82, 2.24) is 15.2 Å². The Bertz CT molecular complexity index is 912. The van der Waals surface area contributed by atoms with Crippen LogP contribution in [0.5, 0.6) is 0 Å². The highest BCUT2D eigenvalue weighted by molar-refractivity contribution is 5.81. The predicted octanol–water partition coefficient (Wildman–Crippen LogP) is 4.81. The van der Waals surface area contributed by atoms with E-state index >= 15 is 0 Å². The SMILES string of the molecule is c1ccc(-c2cc(-c3[nH]ncc3-c3ccccc3)ccn2)cc1. The summed E-state index contributed by atoms with van der Waals surface area (Å²) in [5, 5.41) is 7.35. The van der Waals surface area contributed by atoms with Gasteiger partial charge in [-0.05, 0) is 17.7 Å². The molecule has 0 fully saturated rings. The van der Waals surface area contributed by atoms with Crippen molar-refractivity contribution in [2.24, 2.45) is 0 Å².